The summed E-state index contributed by atoms with van der Waals surface area (Å²) in [5.41, 5.74) is 0.588. The number of thiazole rings is 1. The molecule has 0 bridgehead atoms. The average molecular weight is 289 g/mol. The number of carbonyl (C=O) groups is 1. The van der Waals surface area contributed by atoms with Crippen LogP contribution in [0.3, 0.4) is 0 Å². The van der Waals surface area contributed by atoms with Gasteiger partial charge in [-0.1, -0.05) is 34.5 Å². The van der Waals surface area contributed by atoms with Crippen molar-refractivity contribution in [2.75, 3.05) is 5.32 Å². The molecule has 0 radical (unpaired) electrons. The van der Waals surface area contributed by atoms with E-state index in [1.165, 1.54) is 6.20 Å². The number of hydrogen-bond acceptors (Lipinski definition) is 4. The van der Waals surface area contributed by atoms with E-state index in [0.29, 0.717) is 20.9 Å². The molecular formula is C10H6Cl2N2O2S. The van der Waals surface area contributed by atoms with Crippen LogP contribution in [0.15, 0.2) is 24.4 Å². The second kappa shape index (κ2) is 4.91. The fourth-order valence-electron chi connectivity index (χ4n) is 1.14. The van der Waals surface area contributed by atoms with E-state index >= 15 is 0 Å². The maximum atomic E-state index is 10.7. The fourth-order valence-corrected chi connectivity index (χ4v) is 2.14. The van der Waals surface area contributed by atoms with Crippen LogP contribution < -0.4 is 5.32 Å². The predicted octanol–water partition coefficient (Wildman–Crippen LogP) is 3.89. The van der Waals surface area contributed by atoms with Crippen LogP contribution in [0.1, 0.15) is 9.67 Å². The van der Waals surface area contributed by atoms with Crippen molar-refractivity contribution in [2.24, 2.45) is 0 Å². The number of nitrogens with zero attached hydrogens (tertiary/aromatic N) is 1. The first-order chi connectivity index (χ1) is 8.06. The maximum Gasteiger partial charge on any atom is 0.347 e. The summed E-state index contributed by atoms with van der Waals surface area (Å²) >= 11 is 12.8. The summed E-state index contributed by atoms with van der Waals surface area (Å²) in [4.78, 5) is 14.8. The lowest BCUT2D eigenvalue weighted by molar-refractivity contribution is 0.0702. The van der Waals surface area contributed by atoms with Crippen LogP contribution in [0.5, 0.6) is 0 Å². The third kappa shape index (κ3) is 2.88. The van der Waals surface area contributed by atoms with Crippen molar-refractivity contribution in [1.82, 2.24) is 4.98 Å². The van der Waals surface area contributed by atoms with Gasteiger partial charge in [0.05, 0.1) is 16.9 Å². The van der Waals surface area contributed by atoms with E-state index in [1.54, 1.807) is 18.2 Å². The molecule has 7 heteroatoms. The normalized spacial score (nSPS) is 10.2. The lowest BCUT2D eigenvalue weighted by Crippen LogP contribution is -1.90. The van der Waals surface area contributed by atoms with Gasteiger partial charge in [-0.2, -0.15) is 0 Å². The lowest BCUT2D eigenvalue weighted by atomic mass is 10.3. The highest BCUT2D eigenvalue weighted by atomic mass is 35.5. The molecule has 1 heterocycles. The number of aromatic carboxylic acids is 1. The molecular weight excluding hydrogens is 283 g/mol. The molecule has 0 fully saturated rings. The number of benzene rings is 1. The molecule has 0 saturated carbocycles. The van der Waals surface area contributed by atoms with Gasteiger partial charge in [0, 0.05) is 5.02 Å². The zero-order valence-electron chi connectivity index (χ0n) is 8.28. The minimum atomic E-state index is -1.01. The third-order valence-electron chi connectivity index (χ3n) is 1.89. The maximum absolute atomic E-state index is 10.7. The van der Waals surface area contributed by atoms with Gasteiger partial charge >= 0.3 is 5.97 Å². The van der Waals surface area contributed by atoms with E-state index < -0.39 is 5.97 Å². The number of hydrogen-bond donors (Lipinski definition) is 2. The Morgan fingerprint density at radius 2 is 2.18 bits per heavy atom. The summed E-state index contributed by atoms with van der Waals surface area (Å²) in [5, 5.41) is 13.1. The van der Waals surface area contributed by atoms with Gasteiger partial charge in [-0.15, -0.1) is 0 Å². The van der Waals surface area contributed by atoms with Crippen molar-refractivity contribution < 1.29 is 9.90 Å². The number of carboxylic acid groups (broad SMARTS) is 1. The molecule has 0 atom stereocenters. The van der Waals surface area contributed by atoms with Gasteiger partial charge in [0.25, 0.3) is 0 Å². The first-order valence-electron chi connectivity index (χ1n) is 4.47. The Balaban J connectivity index is 2.25. The van der Waals surface area contributed by atoms with E-state index in [4.69, 9.17) is 28.3 Å². The fraction of sp³-hybridized carbons (Fsp3) is 0. The summed E-state index contributed by atoms with van der Waals surface area (Å²) in [6, 6.07) is 4.96. The van der Waals surface area contributed by atoms with Gasteiger partial charge in [-0.05, 0) is 18.2 Å². The summed E-state index contributed by atoms with van der Waals surface area (Å²) in [6.07, 6.45) is 1.29. The SMILES string of the molecule is O=C(O)c1cnc(Nc2cc(Cl)ccc2Cl)s1. The van der Waals surface area contributed by atoms with Crippen molar-refractivity contribution >= 4 is 51.3 Å². The first-order valence-corrected chi connectivity index (χ1v) is 6.04. The summed E-state index contributed by atoms with van der Waals surface area (Å²) in [7, 11) is 0. The second-order valence-corrected chi connectivity index (χ2v) is 4.96. The van der Waals surface area contributed by atoms with E-state index in [2.05, 4.69) is 10.3 Å². The highest BCUT2D eigenvalue weighted by Crippen LogP contribution is 2.30. The molecule has 0 unspecified atom stereocenters. The number of halogens is 2. The molecule has 1 aromatic carbocycles. The highest BCUT2D eigenvalue weighted by Gasteiger charge is 2.09. The zero-order valence-corrected chi connectivity index (χ0v) is 10.6. The van der Waals surface area contributed by atoms with Gasteiger partial charge in [0.15, 0.2) is 5.13 Å². The van der Waals surface area contributed by atoms with Gasteiger partial charge in [0.2, 0.25) is 0 Å². The summed E-state index contributed by atoms with van der Waals surface area (Å²) < 4.78 is 0. The molecule has 0 aliphatic rings. The Kier molecular flexibility index (Phi) is 3.51. The molecule has 1 aromatic heterocycles. The second-order valence-electron chi connectivity index (χ2n) is 3.08. The molecule has 0 aliphatic heterocycles. The molecule has 2 N–H and O–H groups in total. The molecule has 0 saturated heterocycles. The van der Waals surface area contributed by atoms with Gasteiger partial charge in [-0.3, -0.25) is 0 Å². The average Bonchev–Trinajstić information content (AvgIpc) is 2.72. The van der Waals surface area contributed by atoms with E-state index in [1.807, 2.05) is 0 Å². The van der Waals surface area contributed by atoms with Crippen molar-refractivity contribution in [1.29, 1.82) is 0 Å². The Bertz CT molecular complexity index is 571. The van der Waals surface area contributed by atoms with Gasteiger partial charge < -0.3 is 10.4 Å². The predicted molar refractivity (Wildman–Crippen MR) is 68.8 cm³/mol. The monoisotopic (exact) mass is 288 g/mol. The van der Waals surface area contributed by atoms with Crippen LogP contribution in [0.25, 0.3) is 0 Å². The van der Waals surface area contributed by atoms with Gasteiger partial charge in [0.1, 0.15) is 4.88 Å². The highest BCUT2D eigenvalue weighted by molar-refractivity contribution is 7.17. The molecule has 2 aromatic rings. The Morgan fingerprint density at radius 3 is 2.82 bits per heavy atom. The van der Waals surface area contributed by atoms with Gasteiger partial charge in [-0.25, -0.2) is 9.78 Å². The third-order valence-corrected chi connectivity index (χ3v) is 3.35. The van der Waals surface area contributed by atoms with Crippen molar-refractivity contribution in [2.45, 2.75) is 0 Å². The van der Waals surface area contributed by atoms with Crippen LogP contribution in [0, 0.1) is 0 Å². The van der Waals surface area contributed by atoms with Crippen LogP contribution in [0.2, 0.25) is 10.0 Å². The van der Waals surface area contributed by atoms with E-state index in [-0.39, 0.29) is 4.88 Å². The lowest BCUT2D eigenvalue weighted by Gasteiger charge is -2.04. The van der Waals surface area contributed by atoms with Crippen LogP contribution in [-0.4, -0.2) is 16.1 Å². The standard InChI is InChI=1S/C10H6Cl2N2O2S/c11-5-1-2-6(12)7(3-5)14-10-13-4-8(17-10)9(15)16/h1-4H,(H,13,14)(H,15,16). The Morgan fingerprint density at radius 1 is 1.41 bits per heavy atom. The molecule has 17 heavy (non-hydrogen) atoms. The number of carboxylic acids is 1. The molecule has 0 aliphatic carbocycles. The number of aromatic nitrogens is 1. The van der Waals surface area contributed by atoms with E-state index in [9.17, 15) is 4.79 Å². The van der Waals surface area contributed by atoms with Crippen molar-refractivity contribution in [3.05, 3.63) is 39.3 Å². The Hall–Kier alpha value is -1.30. The van der Waals surface area contributed by atoms with Crippen LogP contribution >= 0.6 is 34.5 Å². The molecule has 0 amide bonds. The zero-order chi connectivity index (χ0) is 12.4. The Labute approximate surface area is 111 Å². The van der Waals surface area contributed by atoms with Crippen LogP contribution in [-0.2, 0) is 0 Å². The smallest absolute Gasteiger partial charge is 0.347 e. The molecule has 2 rings (SSSR count). The first kappa shape index (κ1) is 12.2. The number of anilines is 2. The number of rotatable bonds is 3. The molecule has 88 valence electrons. The molecule has 0 spiro atoms. The largest absolute Gasteiger partial charge is 0.477 e. The van der Waals surface area contributed by atoms with E-state index in [0.717, 1.165) is 11.3 Å². The molecule has 4 nitrogen and oxygen atoms in total. The topological polar surface area (TPSA) is 62.2 Å². The van der Waals surface area contributed by atoms with Crippen LogP contribution in [0.4, 0.5) is 10.8 Å². The summed E-state index contributed by atoms with van der Waals surface area (Å²) in [5.74, 6) is -1.01. The van der Waals surface area contributed by atoms with Crippen molar-refractivity contribution in [3.8, 4) is 0 Å². The van der Waals surface area contributed by atoms with Crippen molar-refractivity contribution in [3.63, 3.8) is 0 Å². The minimum Gasteiger partial charge on any atom is -0.477 e. The quantitative estimate of drug-likeness (QED) is 0.899. The minimum absolute atomic E-state index is 0.158. The summed E-state index contributed by atoms with van der Waals surface area (Å²) in [6.45, 7) is 0. The number of nitrogens with one attached hydrogen (secondary N) is 1.